The Morgan fingerprint density at radius 3 is 2.57 bits per heavy atom. The van der Waals surface area contributed by atoms with Gasteiger partial charge in [0.1, 0.15) is 11.4 Å². The minimum Gasteiger partial charge on any atom is -0.497 e. The second-order valence-electron chi connectivity index (χ2n) is 5.14. The van der Waals surface area contributed by atoms with E-state index in [2.05, 4.69) is 0 Å². The number of hydrogen-bond donors (Lipinski definition) is 1. The van der Waals surface area contributed by atoms with E-state index in [1.807, 2.05) is 54.8 Å². The van der Waals surface area contributed by atoms with Crippen LogP contribution in [0.15, 0.2) is 54.2 Å². The SMILES string of the molecule is COc1ccc2c(c1)C(c1ccccc1)=C([C]=O)N(C(N)=O)C2. The van der Waals surface area contributed by atoms with Crippen molar-refractivity contribution in [2.24, 2.45) is 5.73 Å². The lowest BCUT2D eigenvalue weighted by Crippen LogP contribution is -2.38. The number of hydrogen-bond acceptors (Lipinski definition) is 3. The number of benzene rings is 2. The number of nitrogens with zero attached hydrogens (tertiary/aromatic N) is 1. The van der Waals surface area contributed by atoms with Gasteiger partial charge >= 0.3 is 6.03 Å². The van der Waals surface area contributed by atoms with Crippen molar-refractivity contribution in [2.75, 3.05) is 7.11 Å². The third-order valence-electron chi connectivity index (χ3n) is 3.85. The van der Waals surface area contributed by atoms with Crippen molar-refractivity contribution in [3.05, 3.63) is 70.9 Å². The van der Waals surface area contributed by atoms with E-state index >= 15 is 0 Å². The minimum atomic E-state index is -0.682. The second-order valence-corrected chi connectivity index (χ2v) is 5.14. The molecular formula is C18H15N2O3. The number of fused-ring (bicyclic) bond motifs is 1. The van der Waals surface area contributed by atoms with Crippen molar-refractivity contribution < 1.29 is 14.3 Å². The second kappa shape index (κ2) is 5.96. The smallest absolute Gasteiger partial charge is 0.319 e. The minimum absolute atomic E-state index is 0.143. The van der Waals surface area contributed by atoms with Gasteiger partial charge in [-0.2, -0.15) is 0 Å². The van der Waals surface area contributed by atoms with Crippen molar-refractivity contribution in [1.29, 1.82) is 0 Å². The molecule has 115 valence electrons. The lowest BCUT2D eigenvalue weighted by atomic mass is 9.88. The maximum atomic E-state index is 11.7. The largest absolute Gasteiger partial charge is 0.497 e. The van der Waals surface area contributed by atoms with Gasteiger partial charge in [0.25, 0.3) is 6.29 Å². The van der Waals surface area contributed by atoms with E-state index in [1.54, 1.807) is 7.11 Å². The highest BCUT2D eigenvalue weighted by atomic mass is 16.5. The van der Waals surface area contributed by atoms with Crippen LogP contribution in [0.1, 0.15) is 16.7 Å². The Kier molecular flexibility index (Phi) is 3.85. The maximum Gasteiger partial charge on any atom is 0.319 e. The Balaban J connectivity index is 2.31. The summed E-state index contributed by atoms with van der Waals surface area (Å²) in [6.07, 6.45) is 1.88. The number of nitrogens with two attached hydrogens (primary N) is 1. The molecule has 1 heterocycles. The Hall–Kier alpha value is -3.08. The molecule has 23 heavy (non-hydrogen) atoms. The molecule has 0 saturated carbocycles. The molecule has 0 aromatic heterocycles. The number of urea groups is 1. The van der Waals surface area contributed by atoms with Gasteiger partial charge in [-0.3, -0.25) is 9.69 Å². The molecule has 0 aliphatic carbocycles. The fourth-order valence-corrected chi connectivity index (χ4v) is 2.76. The van der Waals surface area contributed by atoms with Gasteiger partial charge in [-0.15, -0.1) is 0 Å². The third-order valence-corrected chi connectivity index (χ3v) is 3.85. The lowest BCUT2D eigenvalue weighted by Gasteiger charge is -2.30. The first kappa shape index (κ1) is 14.8. The molecule has 1 aliphatic rings. The molecule has 2 aromatic carbocycles. The van der Waals surface area contributed by atoms with Gasteiger partial charge in [0.05, 0.1) is 13.7 Å². The number of amides is 2. The number of carbonyl (C=O) groups is 1. The zero-order valence-electron chi connectivity index (χ0n) is 12.6. The molecule has 2 amide bonds. The third kappa shape index (κ3) is 2.57. The average Bonchev–Trinajstić information content (AvgIpc) is 2.60. The van der Waals surface area contributed by atoms with E-state index in [1.165, 1.54) is 4.90 Å². The van der Waals surface area contributed by atoms with Gasteiger partial charge in [-0.25, -0.2) is 4.79 Å². The summed E-state index contributed by atoms with van der Waals surface area (Å²) in [5.74, 6) is 0.676. The van der Waals surface area contributed by atoms with Gasteiger partial charge in [0, 0.05) is 5.57 Å². The number of primary amides is 1. The molecule has 5 nitrogen and oxygen atoms in total. The van der Waals surface area contributed by atoms with E-state index < -0.39 is 6.03 Å². The molecule has 0 unspecified atom stereocenters. The molecule has 3 rings (SSSR count). The summed E-state index contributed by atoms with van der Waals surface area (Å²) in [4.78, 5) is 24.5. The van der Waals surface area contributed by atoms with Crippen LogP contribution in [0.3, 0.4) is 0 Å². The Morgan fingerprint density at radius 1 is 1.22 bits per heavy atom. The summed E-state index contributed by atoms with van der Waals surface area (Å²) in [5.41, 5.74) is 8.75. The van der Waals surface area contributed by atoms with Crippen LogP contribution < -0.4 is 10.5 Å². The van der Waals surface area contributed by atoms with Gasteiger partial charge in [0.2, 0.25) is 0 Å². The van der Waals surface area contributed by atoms with Gasteiger partial charge in [0.15, 0.2) is 0 Å². The predicted molar refractivity (Wildman–Crippen MR) is 86.3 cm³/mol. The van der Waals surface area contributed by atoms with Crippen molar-refractivity contribution in [3.8, 4) is 5.75 Å². The molecule has 0 fully saturated rings. The quantitative estimate of drug-likeness (QED) is 0.946. The fraction of sp³-hybridized carbons (Fsp3) is 0.111. The monoisotopic (exact) mass is 307 g/mol. The first-order chi connectivity index (χ1) is 11.2. The van der Waals surface area contributed by atoms with E-state index in [-0.39, 0.29) is 12.2 Å². The molecule has 2 aromatic rings. The summed E-state index contributed by atoms with van der Waals surface area (Å²) in [7, 11) is 1.58. The van der Waals surface area contributed by atoms with Crippen LogP contribution in [0.25, 0.3) is 5.57 Å². The number of ether oxygens (including phenoxy) is 1. The van der Waals surface area contributed by atoms with E-state index in [0.717, 1.165) is 16.7 Å². The summed E-state index contributed by atoms with van der Waals surface area (Å²) < 4.78 is 5.28. The summed E-state index contributed by atoms with van der Waals surface area (Å²) in [5, 5.41) is 0. The lowest BCUT2D eigenvalue weighted by molar-refractivity contribution is 0.220. The summed E-state index contributed by atoms with van der Waals surface area (Å²) in [6, 6.07) is 14.2. The first-order valence-electron chi connectivity index (χ1n) is 7.08. The normalized spacial score (nSPS) is 13.5. The first-order valence-corrected chi connectivity index (χ1v) is 7.08. The van der Waals surface area contributed by atoms with Crippen LogP contribution in [0.5, 0.6) is 5.75 Å². The van der Waals surface area contributed by atoms with Crippen LogP contribution in [-0.4, -0.2) is 24.3 Å². The molecule has 2 N–H and O–H groups in total. The van der Waals surface area contributed by atoms with Crippen LogP contribution in [0, 0.1) is 0 Å². The van der Waals surface area contributed by atoms with Crippen molar-refractivity contribution in [1.82, 2.24) is 4.90 Å². The highest BCUT2D eigenvalue weighted by Crippen LogP contribution is 2.37. The molecule has 0 atom stereocenters. The number of rotatable bonds is 3. The van der Waals surface area contributed by atoms with Gasteiger partial charge in [-0.1, -0.05) is 36.4 Å². The highest BCUT2D eigenvalue weighted by Gasteiger charge is 2.29. The van der Waals surface area contributed by atoms with E-state index in [4.69, 9.17) is 10.5 Å². The van der Waals surface area contributed by atoms with E-state index in [0.29, 0.717) is 11.3 Å². The van der Waals surface area contributed by atoms with Crippen molar-refractivity contribution in [2.45, 2.75) is 6.54 Å². The van der Waals surface area contributed by atoms with Gasteiger partial charge in [-0.05, 0) is 28.8 Å². The van der Waals surface area contributed by atoms with Crippen molar-refractivity contribution >= 4 is 17.9 Å². The van der Waals surface area contributed by atoms with Crippen molar-refractivity contribution in [3.63, 3.8) is 0 Å². The maximum absolute atomic E-state index is 11.7. The van der Waals surface area contributed by atoms with Crippen LogP contribution in [0.4, 0.5) is 4.79 Å². The standard InChI is InChI=1S/C18H15N2O3/c1-23-14-8-7-13-10-20(18(19)22)16(11-21)17(15(13)9-14)12-5-3-2-4-6-12/h2-9H,10H2,1H3,(H2,19,22). The van der Waals surface area contributed by atoms with Gasteiger partial charge < -0.3 is 10.5 Å². The number of carbonyl (C=O) groups excluding carboxylic acids is 2. The number of allylic oxidation sites excluding steroid dienone is 1. The Labute approximate surface area is 134 Å². The summed E-state index contributed by atoms with van der Waals surface area (Å²) in [6.45, 7) is 0.232. The van der Waals surface area contributed by atoms with Crippen LogP contribution >= 0.6 is 0 Å². The molecule has 0 saturated heterocycles. The zero-order valence-corrected chi connectivity index (χ0v) is 12.6. The molecule has 0 bridgehead atoms. The molecule has 1 aliphatic heterocycles. The topological polar surface area (TPSA) is 72.6 Å². The Morgan fingerprint density at radius 2 is 1.96 bits per heavy atom. The zero-order chi connectivity index (χ0) is 16.4. The average molecular weight is 307 g/mol. The highest BCUT2D eigenvalue weighted by molar-refractivity contribution is 6.00. The number of methoxy groups -OCH3 is 1. The molecular weight excluding hydrogens is 292 g/mol. The molecule has 5 heteroatoms. The Bertz CT molecular complexity index is 797. The predicted octanol–water partition coefficient (Wildman–Crippen LogP) is 2.46. The fourth-order valence-electron chi connectivity index (χ4n) is 2.76. The van der Waals surface area contributed by atoms with E-state index in [9.17, 15) is 9.59 Å². The molecule has 0 spiro atoms. The summed E-state index contributed by atoms with van der Waals surface area (Å²) >= 11 is 0. The van der Waals surface area contributed by atoms with Crippen LogP contribution in [-0.2, 0) is 11.3 Å². The van der Waals surface area contributed by atoms with Crippen LogP contribution in [0.2, 0.25) is 0 Å². The molecule has 1 radical (unpaired) electrons.